The summed E-state index contributed by atoms with van der Waals surface area (Å²) in [7, 11) is -1.26. The van der Waals surface area contributed by atoms with Crippen molar-refractivity contribution in [1.29, 1.82) is 0 Å². The fourth-order valence-corrected chi connectivity index (χ4v) is 5.90. The Hall–Kier alpha value is -2.45. The lowest BCUT2D eigenvalue weighted by molar-refractivity contribution is -0.158. The molecule has 1 aliphatic carbocycles. The van der Waals surface area contributed by atoms with Crippen molar-refractivity contribution in [3.8, 4) is 5.75 Å². The number of ether oxygens (including phenoxy) is 2. The third kappa shape index (κ3) is 5.86. The van der Waals surface area contributed by atoms with Crippen molar-refractivity contribution in [2.24, 2.45) is 5.92 Å². The Bertz CT molecular complexity index is 988. The van der Waals surface area contributed by atoms with Crippen LogP contribution < -0.4 is 4.74 Å². The van der Waals surface area contributed by atoms with Gasteiger partial charge >= 0.3 is 0 Å². The third-order valence-electron chi connectivity index (χ3n) is 7.33. The van der Waals surface area contributed by atoms with E-state index in [0.717, 1.165) is 36.6 Å². The molecule has 1 saturated heterocycles. The van der Waals surface area contributed by atoms with Gasteiger partial charge in [0, 0.05) is 39.1 Å². The quantitative estimate of drug-likeness (QED) is 0.215. The zero-order valence-electron chi connectivity index (χ0n) is 21.3. The monoisotopic (exact) mass is 498 g/mol. The van der Waals surface area contributed by atoms with Crippen LogP contribution in [0.1, 0.15) is 54.4 Å². The minimum Gasteiger partial charge on any atom is -0.490 e. The first-order valence-electron chi connectivity index (χ1n) is 12.8. The Balaban J connectivity index is 1.41. The average Bonchev–Trinajstić information content (AvgIpc) is 3.13. The van der Waals surface area contributed by atoms with Crippen molar-refractivity contribution < 1.29 is 23.9 Å². The van der Waals surface area contributed by atoms with E-state index in [2.05, 4.69) is 26.2 Å². The summed E-state index contributed by atoms with van der Waals surface area (Å²) in [5.41, 5.74) is 1.46. The van der Waals surface area contributed by atoms with E-state index >= 15 is 0 Å². The maximum atomic E-state index is 13.2. The van der Waals surface area contributed by atoms with E-state index in [1.54, 1.807) is 11.0 Å². The van der Waals surface area contributed by atoms with E-state index in [9.17, 15) is 14.4 Å². The molecule has 2 heterocycles. The standard InChI is InChI=1S/C27H38N2O5Si/c1-5-19-8-6-7-9-24(19)34-21-10-11-22-20(16-21)17-28(26(22)31)23-12-13-25(30)29(27(23)32)18-33-14-15-35(2,3)4/h5,10-11,16,19,23-24H,1,6-9,12-15,17-18H2,2-4H3/t19-,23?,24-/m0/s1. The van der Waals surface area contributed by atoms with Gasteiger partial charge in [-0.15, -0.1) is 6.58 Å². The van der Waals surface area contributed by atoms with Crippen LogP contribution in [0.5, 0.6) is 5.75 Å². The molecule has 2 aliphatic heterocycles. The largest absolute Gasteiger partial charge is 0.490 e. The predicted octanol–water partition coefficient (Wildman–Crippen LogP) is 4.60. The molecule has 3 aliphatic rings. The van der Waals surface area contributed by atoms with Crippen molar-refractivity contribution >= 4 is 25.8 Å². The molecule has 0 spiro atoms. The topological polar surface area (TPSA) is 76.2 Å². The molecule has 0 aromatic heterocycles. The average molecular weight is 499 g/mol. The van der Waals surface area contributed by atoms with Crippen LogP contribution in [0.3, 0.4) is 0 Å². The molecule has 3 amide bonds. The number of hydrogen-bond donors (Lipinski definition) is 0. The number of imide groups is 1. The molecule has 7 nitrogen and oxygen atoms in total. The highest BCUT2D eigenvalue weighted by molar-refractivity contribution is 6.76. The lowest BCUT2D eigenvalue weighted by atomic mass is 9.86. The fraction of sp³-hybridized carbons (Fsp3) is 0.593. The molecule has 0 N–H and O–H groups in total. The van der Waals surface area contributed by atoms with Crippen molar-refractivity contribution in [1.82, 2.24) is 9.80 Å². The van der Waals surface area contributed by atoms with E-state index in [-0.39, 0.29) is 37.0 Å². The van der Waals surface area contributed by atoms with Crippen molar-refractivity contribution in [2.75, 3.05) is 13.3 Å². The fourth-order valence-electron chi connectivity index (χ4n) is 5.14. The summed E-state index contributed by atoms with van der Waals surface area (Å²) in [6.45, 7) is 11.5. The maximum Gasteiger partial charge on any atom is 0.255 e. The first-order valence-corrected chi connectivity index (χ1v) is 16.5. The molecule has 4 rings (SSSR count). The van der Waals surface area contributed by atoms with Gasteiger partial charge in [-0.1, -0.05) is 32.1 Å². The number of amides is 3. The van der Waals surface area contributed by atoms with Gasteiger partial charge in [0.15, 0.2) is 0 Å². The van der Waals surface area contributed by atoms with Crippen LogP contribution in [0.4, 0.5) is 0 Å². The van der Waals surface area contributed by atoms with Crippen LogP contribution in [0, 0.1) is 5.92 Å². The number of hydrogen-bond acceptors (Lipinski definition) is 5. The lowest BCUT2D eigenvalue weighted by Gasteiger charge is -2.35. The summed E-state index contributed by atoms with van der Waals surface area (Å²) in [6.07, 6.45) is 7.09. The highest BCUT2D eigenvalue weighted by Gasteiger charge is 2.43. The molecule has 1 unspecified atom stereocenters. The molecule has 1 saturated carbocycles. The number of fused-ring (bicyclic) bond motifs is 1. The van der Waals surface area contributed by atoms with E-state index in [1.165, 1.54) is 11.3 Å². The van der Waals surface area contributed by atoms with Crippen LogP contribution in [0.15, 0.2) is 30.9 Å². The van der Waals surface area contributed by atoms with Gasteiger partial charge in [-0.05, 0) is 55.5 Å². The second-order valence-electron chi connectivity index (χ2n) is 11.2. The van der Waals surface area contributed by atoms with Crippen LogP contribution in [0.25, 0.3) is 0 Å². The number of nitrogens with zero attached hydrogens (tertiary/aromatic N) is 2. The molecule has 8 heteroatoms. The highest BCUT2D eigenvalue weighted by atomic mass is 28.3. The van der Waals surface area contributed by atoms with Crippen LogP contribution in [0.2, 0.25) is 25.7 Å². The molecule has 3 atom stereocenters. The molecule has 1 aromatic carbocycles. The molecule has 0 radical (unpaired) electrons. The van der Waals surface area contributed by atoms with Crippen LogP contribution in [-0.4, -0.2) is 61.1 Å². The van der Waals surface area contributed by atoms with Gasteiger partial charge in [0.2, 0.25) is 5.91 Å². The lowest BCUT2D eigenvalue weighted by Crippen LogP contribution is -2.55. The minimum absolute atomic E-state index is 0.0442. The summed E-state index contributed by atoms with van der Waals surface area (Å²) in [6, 6.07) is 5.89. The zero-order valence-corrected chi connectivity index (χ0v) is 22.3. The first kappa shape index (κ1) is 25.6. The Morgan fingerprint density at radius 2 is 1.89 bits per heavy atom. The molecule has 0 bridgehead atoms. The molecule has 1 aromatic rings. The smallest absolute Gasteiger partial charge is 0.255 e. The van der Waals surface area contributed by atoms with E-state index in [4.69, 9.17) is 9.47 Å². The molecular weight excluding hydrogens is 460 g/mol. The summed E-state index contributed by atoms with van der Waals surface area (Å²) >= 11 is 0. The van der Waals surface area contributed by atoms with E-state index in [1.807, 2.05) is 18.2 Å². The Morgan fingerprint density at radius 1 is 1.11 bits per heavy atom. The number of carbonyl (C=O) groups is 3. The van der Waals surface area contributed by atoms with Crippen molar-refractivity contribution in [3.05, 3.63) is 42.0 Å². The SMILES string of the molecule is C=C[C@H]1CCCC[C@@H]1Oc1ccc2c(c1)CN(C1CCC(=O)N(COCC[Si](C)(C)C)C1=O)C2=O. The number of benzene rings is 1. The Morgan fingerprint density at radius 3 is 2.63 bits per heavy atom. The molecule has 190 valence electrons. The second kappa shape index (κ2) is 10.7. The molecule has 35 heavy (non-hydrogen) atoms. The minimum atomic E-state index is -1.26. The third-order valence-corrected chi connectivity index (χ3v) is 9.03. The highest BCUT2D eigenvalue weighted by Crippen LogP contribution is 2.34. The van der Waals surface area contributed by atoms with Crippen LogP contribution in [-0.2, 0) is 20.9 Å². The van der Waals surface area contributed by atoms with Crippen LogP contribution >= 0.6 is 0 Å². The first-order chi connectivity index (χ1) is 16.7. The summed E-state index contributed by atoms with van der Waals surface area (Å²) < 4.78 is 12.0. The van der Waals surface area contributed by atoms with Gasteiger partial charge in [-0.2, -0.15) is 0 Å². The van der Waals surface area contributed by atoms with Gasteiger partial charge < -0.3 is 14.4 Å². The van der Waals surface area contributed by atoms with Crippen molar-refractivity contribution in [2.45, 2.75) is 82.9 Å². The van der Waals surface area contributed by atoms with Gasteiger partial charge in [0.05, 0.1) is 0 Å². The Kier molecular flexibility index (Phi) is 7.81. The number of likely N-dealkylation sites (tertiary alicyclic amines) is 1. The number of rotatable bonds is 9. The van der Waals surface area contributed by atoms with Gasteiger partial charge in [-0.25, -0.2) is 0 Å². The zero-order chi connectivity index (χ0) is 25.2. The molecule has 2 fully saturated rings. The summed E-state index contributed by atoms with van der Waals surface area (Å²) in [5, 5.41) is 0. The second-order valence-corrected chi connectivity index (χ2v) is 16.8. The number of piperidine rings is 1. The van der Waals surface area contributed by atoms with E-state index < -0.39 is 14.1 Å². The van der Waals surface area contributed by atoms with Gasteiger partial charge in [0.25, 0.3) is 11.8 Å². The van der Waals surface area contributed by atoms with Gasteiger partial charge in [-0.3, -0.25) is 19.3 Å². The van der Waals surface area contributed by atoms with Gasteiger partial charge in [0.1, 0.15) is 24.6 Å². The maximum absolute atomic E-state index is 13.2. The predicted molar refractivity (Wildman–Crippen MR) is 137 cm³/mol. The van der Waals surface area contributed by atoms with Crippen molar-refractivity contribution in [3.63, 3.8) is 0 Å². The summed E-state index contributed by atoms with van der Waals surface area (Å²) in [4.78, 5) is 41.6. The molecular formula is C27H38N2O5Si. The van der Waals surface area contributed by atoms with E-state index in [0.29, 0.717) is 31.1 Å². The number of carbonyl (C=O) groups excluding carboxylic acids is 3. The Labute approximate surface area is 209 Å². The normalized spacial score (nSPS) is 25.1. The summed E-state index contributed by atoms with van der Waals surface area (Å²) in [5.74, 6) is 0.345.